The molecule has 5 nitrogen and oxygen atoms in total. The van der Waals surface area contributed by atoms with Crippen LogP contribution in [0.15, 0.2) is 89.8 Å². The molecule has 3 rings (SSSR count). The fourth-order valence-electron chi connectivity index (χ4n) is 2.70. The average molecular weight is 380 g/mol. The first kappa shape index (κ1) is 18.7. The summed E-state index contributed by atoms with van der Waals surface area (Å²) in [6.07, 6.45) is 0. The highest BCUT2D eigenvalue weighted by atomic mass is 32.2. The normalized spacial score (nSPS) is 11.0. The highest BCUT2D eigenvalue weighted by Crippen LogP contribution is 2.19. The van der Waals surface area contributed by atoms with Crippen molar-refractivity contribution in [2.75, 3.05) is 16.2 Å². The molecule has 0 spiro atoms. The van der Waals surface area contributed by atoms with Crippen molar-refractivity contribution >= 4 is 27.3 Å². The van der Waals surface area contributed by atoms with Crippen LogP contribution in [-0.2, 0) is 10.0 Å². The van der Waals surface area contributed by atoms with Crippen molar-refractivity contribution < 1.29 is 13.2 Å². The van der Waals surface area contributed by atoms with Gasteiger partial charge >= 0.3 is 0 Å². The molecule has 138 valence electrons. The molecule has 6 heteroatoms. The van der Waals surface area contributed by atoms with Gasteiger partial charge in [-0.15, -0.1) is 0 Å². The van der Waals surface area contributed by atoms with Crippen LogP contribution in [0, 0.1) is 0 Å². The quantitative estimate of drug-likeness (QED) is 0.698. The fraction of sp³-hybridized carbons (Fsp3) is 0.0952. The Morgan fingerprint density at radius 2 is 1.41 bits per heavy atom. The first-order valence-electron chi connectivity index (χ1n) is 8.56. The molecule has 0 heterocycles. The zero-order valence-electron chi connectivity index (χ0n) is 14.9. The van der Waals surface area contributed by atoms with Crippen molar-refractivity contribution in [2.24, 2.45) is 0 Å². The van der Waals surface area contributed by atoms with Crippen LogP contribution in [0.1, 0.15) is 17.3 Å². The maximum Gasteiger partial charge on any atom is 0.261 e. The third-order valence-corrected chi connectivity index (χ3v) is 5.46. The van der Waals surface area contributed by atoms with E-state index < -0.39 is 10.0 Å². The Balaban J connectivity index is 1.81. The Labute approximate surface area is 159 Å². The maximum absolute atomic E-state index is 12.8. The van der Waals surface area contributed by atoms with Gasteiger partial charge in [-0.3, -0.25) is 9.52 Å². The van der Waals surface area contributed by atoms with Gasteiger partial charge in [-0.25, -0.2) is 8.42 Å². The second-order valence-electron chi connectivity index (χ2n) is 5.88. The van der Waals surface area contributed by atoms with Crippen molar-refractivity contribution in [1.29, 1.82) is 0 Å². The third kappa shape index (κ3) is 4.35. The standard InChI is InChI=1S/C21H20N2O3S/c1-2-23(19-11-7-4-8-12-19)21(24)17-13-15-20(16-14-17)27(25,26)22-18-9-5-3-6-10-18/h3-16,22H,2H2,1H3. The van der Waals surface area contributed by atoms with Crippen LogP contribution in [0.4, 0.5) is 11.4 Å². The van der Waals surface area contributed by atoms with Gasteiger partial charge in [-0.2, -0.15) is 0 Å². The van der Waals surface area contributed by atoms with Crippen molar-refractivity contribution in [3.63, 3.8) is 0 Å². The minimum atomic E-state index is -3.71. The van der Waals surface area contributed by atoms with Gasteiger partial charge < -0.3 is 4.90 Å². The maximum atomic E-state index is 12.8. The molecule has 1 N–H and O–H groups in total. The number of carbonyl (C=O) groups excluding carboxylic acids is 1. The molecule has 0 atom stereocenters. The first-order valence-corrected chi connectivity index (χ1v) is 10.0. The van der Waals surface area contributed by atoms with Crippen molar-refractivity contribution in [3.8, 4) is 0 Å². The second-order valence-corrected chi connectivity index (χ2v) is 7.56. The summed E-state index contributed by atoms with van der Waals surface area (Å²) in [7, 11) is -3.71. The van der Waals surface area contributed by atoms with Crippen molar-refractivity contribution in [2.45, 2.75) is 11.8 Å². The van der Waals surface area contributed by atoms with E-state index >= 15 is 0 Å². The number of amides is 1. The number of sulfonamides is 1. The Morgan fingerprint density at radius 1 is 0.852 bits per heavy atom. The molecule has 0 aromatic heterocycles. The van der Waals surface area contributed by atoms with E-state index in [9.17, 15) is 13.2 Å². The van der Waals surface area contributed by atoms with Gasteiger partial charge in [-0.05, 0) is 55.5 Å². The van der Waals surface area contributed by atoms with E-state index in [-0.39, 0.29) is 10.8 Å². The predicted molar refractivity (Wildman–Crippen MR) is 107 cm³/mol. The molecule has 0 aliphatic rings. The topological polar surface area (TPSA) is 66.5 Å². The van der Waals surface area contributed by atoms with Gasteiger partial charge in [0.15, 0.2) is 0 Å². The molecule has 27 heavy (non-hydrogen) atoms. The van der Waals surface area contributed by atoms with Crippen LogP contribution in [-0.4, -0.2) is 20.9 Å². The number of anilines is 2. The summed E-state index contributed by atoms with van der Waals surface area (Å²) in [4.78, 5) is 14.5. The van der Waals surface area contributed by atoms with Gasteiger partial charge in [-0.1, -0.05) is 36.4 Å². The van der Waals surface area contributed by atoms with E-state index in [1.165, 1.54) is 24.3 Å². The zero-order chi connectivity index (χ0) is 19.3. The van der Waals surface area contributed by atoms with E-state index in [0.29, 0.717) is 17.8 Å². The molecular formula is C21H20N2O3S. The van der Waals surface area contributed by atoms with E-state index in [2.05, 4.69) is 4.72 Å². The van der Waals surface area contributed by atoms with E-state index in [0.717, 1.165) is 5.69 Å². The van der Waals surface area contributed by atoms with Crippen LogP contribution in [0.2, 0.25) is 0 Å². The highest BCUT2D eigenvalue weighted by molar-refractivity contribution is 7.92. The number of rotatable bonds is 6. The summed E-state index contributed by atoms with van der Waals surface area (Å²) in [6, 6.07) is 24.0. The van der Waals surface area contributed by atoms with E-state index in [4.69, 9.17) is 0 Å². The zero-order valence-corrected chi connectivity index (χ0v) is 15.7. The van der Waals surface area contributed by atoms with E-state index in [1.54, 1.807) is 29.2 Å². The smallest absolute Gasteiger partial charge is 0.261 e. The molecule has 0 saturated heterocycles. The molecule has 0 aliphatic carbocycles. The molecule has 3 aromatic carbocycles. The lowest BCUT2D eigenvalue weighted by Gasteiger charge is -2.21. The minimum absolute atomic E-state index is 0.102. The summed E-state index contributed by atoms with van der Waals surface area (Å²) >= 11 is 0. The summed E-state index contributed by atoms with van der Waals surface area (Å²) in [5.74, 6) is -0.177. The predicted octanol–water partition coefficient (Wildman–Crippen LogP) is 4.15. The van der Waals surface area contributed by atoms with Crippen LogP contribution >= 0.6 is 0 Å². The largest absolute Gasteiger partial charge is 0.309 e. The summed E-state index contributed by atoms with van der Waals surface area (Å²) in [5, 5.41) is 0. The second kappa shape index (κ2) is 8.05. The van der Waals surface area contributed by atoms with Crippen LogP contribution in [0.3, 0.4) is 0 Å². The molecule has 1 amide bonds. The molecule has 0 saturated carbocycles. The molecule has 0 radical (unpaired) electrons. The monoisotopic (exact) mass is 380 g/mol. The minimum Gasteiger partial charge on any atom is -0.309 e. The van der Waals surface area contributed by atoms with Gasteiger partial charge in [0.25, 0.3) is 15.9 Å². The first-order chi connectivity index (χ1) is 13.0. The Bertz CT molecular complexity index is 1000. The highest BCUT2D eigenvalue weighted by Gasteiger charge is 2.18. The van der Waals surface area contributed by atoms with Crippen molar-refractivity contribution in [3.05, 3.63) is 90.5 Å². The van der Waals surface area contributed by atoms with E-state index in [1.807, 2.05) is 43.3 Å². The molecule has 0 bridgehead atoms. The fourth-order valence-corrected chi connectivity index (χ4v) is 3.76. The van der Waals surface area contributed by atoms with Crippen molar-refractivity contribution in [1.82, 2.24) is 0 Å². The Hall–Kier alpha value is -3.12. The summed E-state index contributed by atoms with van der Waals surface area (Å²) < 4.78 is 27.5. The number of para-hydroxylation sites is 2. The molecule has 0 unspecified atom stereocenters. The Morgan fingerprint density at radius 3 is 1.96 bits per heavy atom. The lowest BCUT2D eigenvalue weighted by atomic mass is 10.2. The molecule has 0 fully saturated rings. The van der Waals surface area contributed by atoms with Crippen LogP contribution in [0.25, 0.3) is 0 Å². The van der Waals surface area contributed by atoms with Gasteiger partial charge in [0.05, 0.1) is 4.90 Å². The Kier molecular flexibility index (Phi) is 5.57. The number of nitrogens with zero attached hydrogens (tertiary/aromatic N) is 1. The third-order valence-electron chi connectivity index (χ3n) is 4.07. The number of benzene rings is 3. The van der Waals surface area contributed by atoms with Gasteiger partial charge in [0, 0.05) is 23.5 Å². The number of hydrogen-bond donors (Lipinski definition) is 1. The SMILES string of the molecule is CCN(C(=O)c1ccc(S(=O)(=O)Nc2ccccc2)cc1)c1ccccc1. The molecule has 3 aromatic rings. The van der Waals surface area contributed by atoms with Crippen LogP contribution < -0.4 is 9.62 Å². The van der Waals surface area contributed by atoms with Crippen LogP contribution in [0.5, 0.6) is 0 Å². The molecule has 0 aliphatic heterocycles. The van der Waals surface area contributed by atoms with Gasteiger partial charge in [0.1, 0.15) is 0 Å². The number of hydrogen-bond acceptors (Lipinski definition) is 3. The summed E-state index contributed by atoms with van der Waals surface area (Å²) in [6.45, 7) is 2.41. The lowest BCUT2D eigenvalue weighted by Crippen LogP contribution is -2.30. The lowest BCUT2D eigenvalue weighted by molar-refractivity contribution is 0.0988. The number of nitrogens with one attached hydrogen (secondary N) is 1. The average Bonchev–Trinajstić information content (AvgIpc) is 2.70. The van der Waals surface area contributed by atoms with Gasteiger partial charge in [0.2, 0.25) is 0 Å². The summed E-state index contributed by atoms with van der Waals surface area (Å²) in [5.41, 5.74) is 1.71. The molecular weight excluding hydrogens is 360 g/mol. The number of carbonyl (C=O) groups is 1.